The summed E-state index contributed by atoms with van der Waals surface area (Å²) in [7, 11) is 0. The van der Waals surface area contributed by atoms with Crippen molar-refractivity contribution >= 4 is 0 Å². The van der Waals surface area contributed by atoms with Crippen LogP contribution >= 0.6 is 0 Å². The third-order valence-electron chi connectivity index (χ3n) is 3.48. The number of hydrogen-bond donors (Lipinski definition) is 0. The maximum atomic E-state index is 2.24. The summed E-state index contributed by atoms with van der Waals surface area (Å²) < 4.78 is 0. The van der Waals surface area contributed by atoms with Crippen molar-refractivity contribution in [3.63, 3.8) is 0 Å². The third kappa shape index (κ3) is 3.46. The molecule has 0 heteroatoms. The molecule has 0 heterocycles. The van der Waals surface area contributed by atoms with Gasteiger partial charge in [0.2, 0.25) is 0 Å². The van der Waals surface area contributed by atoms with E-state index in [0.717, 1.165) is 0 Å². The molecule has 0 unspecified atom stereocenters. The Hall–Kier alpha value is -1.56. The van der Waals surface area contributed by atoms with E-state index >= 15 is 0 Å². The molecular weight excluding hydrogens is 216 g/mol. The van der Waals surface area contributed by atoms with E-state index in [-0.39, 0.29) is 0 Å². The van der Waals surface area contributed by atoms with Crippen molar-refractivity contribution in [2.75, 3.05) is 0 Å². The minimum absolute atomic E-state index is 0.659. The van der Waals surface area contributed by atoms with Gasteiger partial charge in [-0.05, 0) is 41.9 Å². The minimum Gasteiger partial charge on any atom is -0.0622 e. The number of aryl methyl sites for hydroxylation is 2. The number of hydrogen-bond acceptors (Lipinski definition) is 0. The second-order valence-corrected chi connectivity index (χ2v) is 5.19. The number of benzene rings is 2. The van der Waals surface area contributed by atoms with E-state index in [4.69, 9.17) is 0 Å². The summed E-state index contributed by atoms with van der Waals surface area (Å²) >= 11 is 0. The van der Waals surface area contributed by atoms with E-state index in [1.807, 2.05) is 6.07 Å². The van der Waals surface area contributed by atoms with Gasteiger partial charge in [0.15, 0.2) is 0 Å². The predicted molar refractivity (Wildman–Crippen MR) is 79.0 cm³/mol. The zero-order chi connectivity index (χ0) is 12.8. The van der Waals surface area contributed by atoms with Crippen molar-refractivity contribution in [3.05, 3.63) is 71.3 Å². The Bertz CT molecular complexity index is 445. The summed E-state index contributed by atoms with van der Waals surface area (Å²) in [5, 5.41) is 0. The lowest BCUT2D eigenvalue weighted by atomic mass is 10.0. The average molecular weight is 238 g/mol. The van der Waals surface area contributed by atoms with Crippen LogP contribution in [0.25, 0.3) is 0 Å². The zero-order valence-electron chi connectivity index (χ0n) is 11.4. The Morgan fingerprint density at radius 1 is 0.722 bits per heavy atom. The standard InChI is InChI=1S/C9H10.C9H12/c1-2-5-9-7-3-6-8(9)4-1;1-8(2)9-6-4-3-5-7-9/h1-2,4-5H,3,6-7H2;3-8H,1-2H3. The van der Waals surface area contributed by atoms with Gasteiger partial charge in [-0.15, -0.1) is 0 Å². The first-order valence-electron chi connectivity index (χ1n) is 6.89. The van der Waals surface area contributed by atoms with Crippen molar-refractivity contribution in [1.29, 1.82) is 0 Å². The van der Waals surface area contributed by atoms with Crippen LogP contribution in [-0.4, -0.2) is 0 Å². The number of rotatable bonds is 1. The van der Waals surface area contributed by atoms with Crippen molar-refractivity contribution in [3.8, 4) is 0 Å². The van der Waals surface area contributed by atoms with E-state index in [1.165, 1.54) is 24.8 Å². The van der Waals surface area contributed by atoms with Gasteiger partial charge in [-0.3, -0.25) is 0 Å². The molecule has 0 spiro atoms. The monoisotopic (exact) mass is 238 g/mol. The van der Waals surface area contributed by atoms with Gasteiger partial charge < -0.3 is 0 Å². The molecule has 0 atom stereocenters. The van der Waals surface area contributed by atoms with Gasteiger partial charge in [0.25, 0.3) is 0 Å². The van der Waals surface area contributed by atoms with Crippen LogP contribution < -0.4 is 0 Å². The second-order valence-electron chi connectivity index (χ2n) is 5.19. The predicted octanol–water partition coefficient (Wildman–Crippen LogP) is 4.99. The fraction of sp³-hybridized carbons (Fsp3) is 0.333. The summed E-state index contributed by atoms with van der Waals surface area (Å²) in [5.74, 6) is 0.659. The molecule has 0 saturated heterocycles. The Balaban J connectivity index is 0.000000134. The smallest absolute Gasteiger partial charge is 0.0219 e. The second kappa shape index (κ2) is 6.39. The molecule has 0 aliphatic heterocycles. The largest absolute Gasteiger partial charge is 0.0622 e. The molecule has 0 N–H and O–H groups in total. The third-order valence-corrected chi connectivity index (χ3v) is 3.48. The van der Waals surface area contributed by atoms with E-state index in [1.54, 1.807) is 11.1 Å². The first-order valence-corrected chi connectivity index (χ1v) is 6.89. The van der Waals surface area contributed by atoms with Crippen molar-refractivity contribution in [2.24, 2.45) is 0 Å². The molecule has 2 aromatic rings. The highest BCUT2D eigenvalue weighted by Gasteiger charge is 2.07. The normalized spacial score (nSPS) is 12.8. The van der Waals surface area contributed by atoms with Gasteiger partial charge in [0.1, 0.15) is 0 Å². The van der Waals surface area contributed by atoms with Crippen LogP contribution in [0.3, 0.4) is 0 Å². The van der Waals surface area contributed by atoms with Crippen LogP contribution in [0, 0.1) is 0 Å². The highest BCUT2D eigenvalue weighted by molar-refractivity contribution is 5.30. The van der Waals surface area contributed by atoms with Crippen molar-refractivity contribution in [2.45, 2.75) is 39.0 Å². The van der Waals surface area contributed by atoms with Gasteiger partial charge >= 0.3 is 0 Å². The van der Waals surface area contributed by atoms with E-state index in [9.17, 15) is 0 Å². The quantitative estimate of drug-likeness (QED) is 0.657. The van der Waals surface area contributed by atoms with Gasteiger partial charge in [-0.1, -0.05) is 68.4 Å². The minimum atomic E-state index is 0.659. The van der Waals surface area contributed by atoms with E-state index in [2.05, 4.69) is 62.4 Å². The topological polar surface area (TPSA) is 0 Å². The lowest BCUT2D eigenvalue weighted by Crippen LogP contribution is -1.83. The van der Waals surface area contributed by atoms with Gasteiger partial charge in [-0.25, -0.2) is 0 Å². The van der Waals surface area contributed by atoms with E-state index < -0.39 is 0 Å². The maximum absolute atomic E-state index is 2.24. The molecule has 0 aromatic heterocycles. The molecular formula is C18H22. The Morgan fingerprint density at radius 2 is 1.22 bits per heavy atom. The maximum Gasteiger partial charge on any atom is -0.0219 e. The number of fused-ring (bicyclic) bond motifs is 1. The van der Waals surface area contributed by atoms with E-state index in [0.29, 0.717) is 5.92 Å². The molecule has 94 valence electrons. The van der Waals surface area contributed by atoms with Crippen LogP contribution in [0.1, 0.15) is 42.9 Å². The first kappa shape index (κ1) is 12.9. The molecule has 1 aliphatic carbocycles. The van der Waals surface area contributed by atoms with Crippen LogP contribution in [0.2, 0.25) is 0 Å². The molecule has 0 radical (unpaired) electrons. The van der Waals surface area contributed by atoms with Gasteiger partial charge in [0.05, 0.1) is 0 Å². The summed E-state index contributed by atoms with van der Waals surface area (Å²) in [5.41, 5.74) is 4.55. The van der Waals surface area contributed by atoms with Gasteiger partial charge in [0, 0.05) is 0 Å². The molecule has 2 aromatic carbocycles. The van der Waals surface area contributed by atoms with Crippen LogP contribution in [0.15, 0.2) is 54.6 Å². The van der Waals surface area contributed by atoms with Gasteiger partial charge in [-0.2, -0.15) is 0 Å². The molecule has 0 nitrogen and oxygen atoms in total. The highest BCUT2D eigenvalue weighted by atomic mass is 14.1. The summed E-state index contributed by atoms with van der Waals surface area (Å²) in [6.45, 7) is 4.41. The van der Waals surface area contributed by atoms with Crippen LogP contribution in [-0.2, 0) is 12.8 Å². The summed E-state index contributed by atoms with van der Waals surface area (Å²) in [4.78, 5) is 0. The zero-order valence-corrected chi connectivity index (χ0v) is 11.4. The Kier molecular flexibility index (Phi) is 4.58. The SMILES string of the molecule is CC(C)c1ccccc1.c1ccc2c(c1)CCC2. The van der Waals surface area contributed by atoms with Crippen LogP contribution in [0.4, 0.5) is 0 Å². The fourth-order valence-corrected chi connectivity index (χ4v) is 2.35. The molecule has 18 heavy (non-hydrogen) atoms. The lowest BCUT2D eigenvalue weighted by Gasteiger charge is -2.01. The summed E-state index contributed by atoms with van der Waals surface area (Å²) in [6.07, 6.45) is 3.96. The Labute approximate surface area is 111 Å². The molecule has 3 rings (SSSR count). The molecule has 0 saturated carbocycles. The molecule has 0 fully saturated rings. The first-order chi connectivity index (χ1) is 8.77. The van der Waals surface area contributed by atoms with Crippen molar-refractivity contribution in [1.82, 2.24) is 0 Å². The molecule has 0 amide bonds. The van der Waals surface area contributed by atoms with Crippen molar-refractivity contribution < 1.29 is 0 Å². The Morgan fingerprint density at radius 3 is 1.67 bits per heavy atom. The average Bonchev–Trinajstić information content (AvgIpc) is 2.89. The summed E-state index contributed by atoms with van der Waals surface area (Å²) in [6, 6.07) is 19.3. The molecule has 0 bridgehead atoms. The highest BCUT2D eigenvalue weighted by Crippen LogP contribution is 2.20. The fourth-order valence-electron chi connectivity index (χ4n) is 2.35. The van der Waals surface area contributed by atoms with Crippen LogP contribution in [0.5, 0.6) is 0 Å². The lowest BCUT2D eigenvalue weighted by molar-refractivity contribution is 0.867. The molecule has 1 aliphatic rings.